The Hall–Kier alpha value is -2.67. The van der Waals surface area contributed by atoms with Gasteiger partial charge in [-0.15, -0.1) is 0 Å². The van der Waals surface area contributed by atoms with Gasteiger partial charge in [0.15, 0.2) is 6.61 Å². The highest BCUT2D eigenvalue weighted by Gasteiger charge is 2.18. The number of hydrogen-bond acceptors (Lipinski definition) is 4. The van der Waals surface area contributed by atoms with Crippen LogP contribution in [0.3, 0.4) is 0 Å². The highest BCUT2D eigenvalue weighted by molar-refractivity contribution is 7.07. The minimum absolute atomic E-state index is 0.0790. The maximum absolute atomic E-state index is 12.9. The second-order valence-corrected chi connectivity index (χ2v) is 6.77. The molecule has 136 valence electrons. The number of carbonyl (C=O) groups excluding carboxylic acids is 1. The van der Waals surface area contributed by atoms with Crippen LogP contribution in [0.5, 0.6) is 5.75 Å². The number of carbonyl (C=O) groups is 1. The van der Waals surface area contributed by atoms with Gasteiger partial charge >= 0.3 is 0 Å². The van der Waals surface area contributed by atoms with Crippen LogP contribution in [0, 0.1) is 19.7 Å². The Bertz CT molecular complexity index is 860. The van der Waals surface area contributed by atoms with Crippen LogP contribution in [0.4, 0.5) is 4.39 Å². The lowest BCUT2D eigenvalue weighted by Gasteiger charge is -2.19. The Morgan fingerprint density at radius 3 is 2.69 bits per heavy atom. The first-order chi connectivity index (χ1) is 12.5. The summed E-state index contributed by atoms with van der Waals surface area (Å²) in [5.74, 6) is -0.129. The number of nitrogens with zero attached hydrogens (tertiary/aromatic N) is 2. The smallest absolute Gasteiger partial charge is 0.258 e. The molecule has 2 heterocycles. The predicted octanol–water partition coefficient (Wildman–Crippen LogP) is 3.49. The van der Waals surface area contributed by atoms with Crippen LogP contribution in [0.2, 0.25) is 0 Å². The first-order valence-corrected chi connectivity index (χ1v) is 9.17. The fourth-order valence-electron chi connectivity index (χ4n) is 2.71. The summed E-state index contributed by atoms with van der Waals surface area (Å²) in [5.41, 5.74) is 3.07. The molecule has 1 amide bonds. The number of aryl methyl sites for hydroxylation is 2. The lowest BCUT2D eigenvalue weighted by molar-refractivity contribution is -0.123. The molecule has 0 bridgehead atoms. The van der Waals surface area contributed by atoms with Crippen molar-refractivity contribution in [1.82, 2.24) is 15.1 Å². The Morgan fingerprint density at radius 2 is 2.08 bits per heavy atom. The van der Waals surface area contributed by atoms with Gasteiger partial charge in [0.2, 0.25) is 0 Å². The van der Waals surface area contributed by atoms with Crippen LogP contribution >= 0.6 is 11.3 Å². The standard InChI is InChI=1S/C19H20FN3O2S/c1-13-9-14(2)23(22-13)18(15-7-8-26-12-15)10-21-19(24)11-25-17-5-3-16(20)4-6-17/h3-9,12,18H,10-11H2,1-2H3,(H,21,24). The average Bonchev–Trinajstić information content (AvgIpc) is 3.25. The topological polar surface area (TPSA) is 56.2 Å². The highest BCUT2D eigenvalue weighted by Crippen LogP contribution is 2.22. The number of nitrogens with one attached hydrogen (secondary N) is 1. The molecule has 3 rings (SSSR count). The first kappa shape index (κ1) is 18.1. The molecule has 26 heavy (non-hydrogen) atoms. The first-order valence-electron chi connectivity index (χ1n) is 8.23. The van der Waals surface area contributed by atoms with Gasteiger partial charge in [0.25, 0.3) is 5.91 Å². The molecule has 7 heteroatoms. The van der Waals surface area contributed by atoms with E-state index in [0.29, 0.717) is 12.3 Å². The fourth-order valence-corrected chi connectivity index (χ4v) is 3.42. The summed E-state index contributed by atoms with van der Waals surface area (Å²) in [7, 11) is 0. The molecule has 2 aromatic heterocycles. The maximum atomic E-state index is 12.9. The van der Waals surface area contributed by atoms with Crippen molar-refractivity contribution in [3.8, 4) is 5.75 Å². The molecule has 0 fully saturated rings. The minimum Gasteiger partial charge on any atom is -0.484 e. The third-order valence-corrected chi connectivity index (χ3v) is 4.65. The largest absolute Gasteiger partial charge is 0.484 e. The molecule has 0 aliphatic carbocycles. The highest BCUT2D eigenvalue weighted by atomic mass is 32.1. The van der Waals surface area contributed by atoms with Crippen molar-refractivity contribution in [3.05, 3.63) is 69.9 Å². The molecule has 3 aromatic rings. The molecule has 0 saturated carbocycles. The number of amides is 1. The molecular weight excluding hydrogens is 353 g/mol. The van der Waals surface area contributed by atoms with Gasteiger partial charge < -0.3 is 10.1 Å². The number of thiophene rings is 1. The van der Waals surface area contributed by atoms with Crippen LogP contribution in [0.15, 0.2) is 47.2 Å². The van der Waals surface area contributed by atoms with Crippen molar-refractivity contribution >= 4 is 17.2 Å². The monoisotopic (exact) mass is 373 g/mol. The molecule has 1 N–H and O–H groups in total. The van der Waals surface area contributed by atoms with Gasteiger partial charge in [0, 0.05) is 12.2 Å². The number of rotatable bonds is 7. The number of aromatic nitrogens is 2. The summed E-state index contributed by atoms with van der Waals surface area (Å²) in [5, 5.41) is 11.5. The number of hydrogen-bond donors (Lipinski definition) is 1. The Balaban J connectivity index is 1.61. The zero-order chi connectivity index (χ0) is 18.5. The summed E-state index contributed by atoms with van der Waals surface area (Å²) in [4.78, 5) is 12.1. The number of halogens is 1. The SMILES string of the molecule is Cc1cc(C)n(C(CNC(=O)COc2ccc(F)cc2)c2ccsc2)n1. The van der Waals surface area contributed by atoms with Gasteiger partial charge in [-0.25, -0.2) is 4.39 Å². The van der Waals surface area contributed by atoms with E-state index >= 15 is 0 Å². The predicted molar refractivity (Wildman–Crippen MR) is 99.1 cm³/mol. The average molecular weight is 373 g/mol. The summed E-state index contributed by atoms with van der Waals surface area (Å²) in [6.45, 7) is 4.23. The van der Waals surface area contributed by atoms with Crippen LogP contribution in [-0.4, -0.2) is 28.8 Å². The van der Waals surface area contributed by atoms with Crippen LogP contribution in [0.1, 0.15) is 23.0 Å². The molecule has 0 radical (unpaired) electrons. The lowest BCUT2D eigenvalue weighted by atomic mass is 10.1. The van der Waals surface area contributed by atoms with E-state index in [1.54, 1.807) is 11.3 Å². The molecule has 5 nitrogen and oxygen atoms in total. The molecule has 0 saturated heterocycles. The van der Waals surface area contributed by atoms with Gasteiger partial charge in [-0.2, -0.15) is 16.4 Å². The second kappa shape index (κ2) is 8.14. The fraction of sp³-hybridized carbons (Fsp3) is 0.263. The third kappa shape index (κ3) is 4.49. The van der Waals surface area contributed by atoms with E-state index < -0.39 is 0 Å². The normalized spacial score (nSPS) is 12.0. The van der Waals surface area contributed by atoms with Gasteiger partial charge in [0.1, 0.15) is 11.6 Å². The lowest BCUT2D eigenvalue weighted by Crippen LogP contribution is -2.35. The van der Waals surface area contributed by atoms with E-state index in [1.807, 2.05) is 36.0 Å². The van der Waals surface area contributed by atoms with Crippen LogP contribution in [0.25, 0.3) is 0 Å². The van der Waals surface area contributed by atoms with E-state index in [9.17, 15) is 9.18 Å². The van der Waals surface area contributed by atoms with E-state index in [0.717, 1.165) is 17.0 Å². The maximum Gasteiger partial charge on any atom is 0.258 e. The summed E-state index contributed by atoms with van der Waals surface area (Å²) >= 11 is 1.61. The molecule has 0 aliphatic rings. The molecule has 1 aromatic carbocycles. The van der Waals surface area contributed by atoms with Crippen LogP contribution < -0.4 is 10.1 Å². The Morgan fingerprint density at radius 1 is 1.31 bits per heavy atom. The molecule has 0 spiro atoms. The van der Waals surface area contributed by atoms with Crippen LogP contribution in [-0.2, 0) is 4.79 Å². The molecule has 0 aliphatic heterocycles. The molecular formula is C19H20FN3O2S. The number of ether oxygens (including phenoxy) is 1. The van der Waals surface area contributed by atoms with Crippen molar-refractivity contribution in [2.75, 3.05) is 13.2 Å². The van der Waals surface area contributed by atoms with Gasteiger partial charge in [-0.05, 0) is 66.6 Å². The van der Waals surface area contributed by atoms with Crippen molar-refractivity contribution < 1.29 is 13.9 Å². The minimum atomic E-state index is -0.342. The number of benzene rings is 1. The summed E-state index contributed by atoms with van der Waals surface area (Å²) in [6, 6.07) is 9.54. The quantitative estimate of drug-likeness (QED) is 0.690. The second-order valence-electron chi connectivity index (χ2n) is 5.99. The van der Waals surface area contributed by atoms with E-state index in [2.05, 4.69) is 15.8 Å². The van der Waals surface area contributed by atoms with Crippen molar-refractivity contribution in [3.63, 3.8) is 0 Å². The zero-order valence-corrected chi connectivity index (χ0v) is 15.4. The third-order valence-electron chi connectivity index (χ3n) is 3.94. The van der Waals surface area contributed by atoms with E-state index in [1.165, 1.54) is 24.3 Å². The Labute approximate surface area is 155 Å². The van der Waals surface area contributed by atoms with Crippen molar-refractivity contribution in [2.24, 2.45) is 0 Å². The van der Waals surface area contributed by atoms with E-state index in [-0.39, 0.29) is 24.4 Å². The van der Waals surface area contributed by atoms with Gasteiger partial charge in [-0.1, -0.05) is 0 Å². The van der Waals surface area contributed by atoms with Crippen molar-refractivity contribution in [1.29, 1.82) is 0 Å². The summed E-state index contributed by atoms with van der Waals surface area (Å²) < 4.78 is 20.2. The molecule has 1 atom stereocenters. The Kier molecular flexibility index (Phi) is 5.68. The van der Waals surface area contributed by atoms with Gasteiger partial charge in [0.05, 0.1) is 11.7 Å². The van der Waals surface area contributed by atoms with Gasteiger partial charge in [-0.3, -0.25) is 9.48 Å². The molecule has 1 unspecified atom stereocenters. The summed E-state index contributed by atoms with van der Waals surface area (Å²) in [6.07, 6.45) is 0. The van der Waals surface area contributed by atoms with E-state index in [4.69, 9.17) is 4.74 Å². The zero-order valence-electron chi connectivity index (χ0n) is 14.6. The van der Waals surface area contributed by atoms with Crippen molar-refractivity contribution in [2.45, 2.75) is 19.9 Å².